The molecule has 2 heterocycles. The Kier molecular flexibility index (Phi) is 2.84. The van der Waals surface area contributed by atoms with Crippen LogP contribution in [0.25, 0.3) is 0 Å². The van der Waals surface area contributed by atoms with Gasteiger partial charge in [-0.05, 0) is 0 Å². The van der Waals surface area contributed by atoms with Crippen LogP contribution in [0.15, 0.2) is 10.9 Å². The van der Waals surface area contributed by atoms with Gasteiger partial charge in [-0.25, -0.2) is 4.98 Å². The number of aromatic nitrogens is 4. The molecule has 0 radical (unpaired) electrons. The van der Waals surface area contributed by atoms with Gasteiger partial charge in [0.05, 0.1) is 6.33 Å². The Morgan fingerprint density at radius 1 is 1.41 bits per heavy atom. The van der Waals surface area contributed by atoms with Gasteiger partial charge in [0.1, 0.15) is 18.7 Å². The molecule has 2 rings (SSSR count). The number of rotatable bonds is 3. The molecule has 0 bridgehead atoms. The van der Waals surface area contributed by atoms with Crippen molar-refractivity contribution in [3.63, 3.8) is 0 Å². The maximum Gasteiger partial charge on any atom is 0.246 e. The highest BCUT2D eigenvalue weighted by Gasteiger charge is 2.13. The number of aryl methyl sites for hydroxylation is 1. The second-order valence-corrected chi connectivity index (χ2v) is 3.25. The van der Waals surface area contributed by atoms with Crippen molar-refractivity contribution < 1.29 is 4.52 Å². The van der Waals surface area contributed by atoms with Gasteiger partial charge < -0.3 is 9.09 Å². The highest BCUT2D eigenvalue weighted by molar-refractivity contribution is 5.36. The van der Waals surface area contributed by atoms with E-state index in [1.54, 1.807) is 0 Å². The summed E-state index contributed by atoms with van der Waals surface area (Å²) >= 11 is 0. The van der Waals surface area contributed by atoms with Crippen LogP contribution in [0.3, 0.4) is 0 Å². The molecule has 0 fully saturated rings. The molecule has 2 aromatic heterocycles. The van der Waals surface area contributed by atoms with Gasteiger partial charge in [0.2, 0.25) is 5.89 Å². The molecular weight excluding hydrogens is 220 g/mol. The second-order valence-electron chi connectivity index (χ2n) is 3.25. The summed E-state index contributed by atoms with van der Waals surface area (Å²) in [5.74, 6) is 0.999. The lowest BCUT2D eigenvalue weighted by atomic mass is 10.3. The lowest BCUT2D eigenvalue weighted by Crippen LogP contribution is -2.02. The second kappa shape index (κ2) is 4.45. The average Bonchev–Trinajstić information content (AvgIpc) is 2.95. The zero-order valence-corrected chi connectivity index (χ0v) is 9.08. The molecule has 0 atom stereocenters. The summed E-state index contributed by atoms with van der Waals surface area (Å²) in [5, 5.41) is 21.4. The van der Waals surface area contributed by atoms with E-state index in [0.717, 1.165) is 0 Å². The average molecular weight is 228 g/mol. The van der Waals surface area contributed by atoms with Crippen molar-refractivity contribution in [2.45, 2.75) is 19.9 Å². The fourth-order valence-electron chi connectivity index (χ4n) is 1.34. The minimum Gasteiger partial charge on any atom is -0.337 e. The first kappa shape index (κ1) is 10.8. The highest BCUT2D eigenvalue weighted by Crippen LogP contribution is 2.08. The van der Waals surface area contributed by atoms with Crippen molar-refractivity contribution in [3.05, 3.63) is 29.4 Å². The van der Waals surface area contributed by atoms with Crippen LogP contribution in [-0.2, 0) is 13.0 Å². The summed E-state index contributed by atoms with van der Waals surface area (Å²) in [5.41, 5.74) is 0.298. The van der Waals surface area contributed by atoms with E-state index in [0.29, 0.717) is 18.1 Å². The summed E-state index contributed by atoms with van der Waals surface area (Å²) in [7, 11) is 0. The van der Waals surface area contributed by atoms with E-state index in [2.05, 4.69) is 15.1 Å². The zero-order valence-electron chi connectivity index (χ0n) is 9.08. The standard InChI is InChI=1S/C10H8N6O/c1-2-9-14-10(17-15-9)5-16-6-13-7(3-11)8(16)4-12/h6H,2,5H2,1H3. The van der Waals surface area contributed by atoms with Gasteiger partial charge in [-0.3, -0.25) is 0 Å². The topological polar surface area (TPSA) is 104 Å². The van der Waals surface area contributed by atoms with Gasteiger partial charge in [-0.2, -0.15) is 15.5 Å². The fraction of sp³-hybridized carbons (Fsp3) is 0.300. The Hall–Kier alpha value is -2.67. The van der Waals surface area contributed by atoms with E-state index in [9.17, 15) is 0 Å². The summed E-state index contributed by atoms with van der Waals surface area (Å²) in [6, 6.07) is 3.77. The molecule has 0 aliphatic rings. The Morgan fingerprint density at radius 3 is 2.82 bits per heavy atom. The Labute approximate surface area is 96.9 Å². The van der Waals surface area contributed by atoms with E-state index in [1.807, 2.05) is 19.1 Å². The SMILES string of the molecule is CCc1noc(Cn2cnc(C#N)c2C#N)n1. The minimum absolute atomic E-state index is 0.0998. The van der Waals surface area contributed by atoms with Crippen LogP contribution in [0.5, 0.6) is 0 Å². The maximum absolute atomic E-state index is 8.92. The molecule has 0 aliphatic carbocycles. The van der Waals surface area contributed by atoms with Gasteiger partial charge in [0.25, 0.3) is 0 Å². The predicted molar refractivity (Wildman–Crippen MR) is 54.4 cm³/mol. The molecule has 17 heavy (non-hydrogen) atoms. The third kappa shape index (κ3) is 1.99. The van der Waals surface area contributed by atoms with Crippen LogP contribution in [0.2, 0.25) is 0 Å². The lowest BCUT2D eigenvalue weighted by Gasteiger charge is -1.97. The van der Waals surface area contributed by atoms with Crippen molar-refractivity contribution in [1.29, 1.82) is 10.5 Å². The summed E-state index contributed by atoms with van der Waals surface area (Å²) in [4.78, 5) is 7.93. The number of hydrogen-bond acceptors (Lipinski definition) is 6. The lowest BCUT2D eigenvalue weighted by molar-refractivity contribution is 0.366. The van der Waals surface area contributed by atoms with Crippen molar-refractivity contribution in [2.75, 3.05) is 0 Å². The van der Waals surface area contributed by atoms with Gasteiger partial charge in [-0.15, -0.1) is 0 Å². The molecule has 0 aromatic carbocycles. The Bertz CT molecular complexity index is 612. The summed E-state index contributed by atoms with van der Waals surface area (Å²) in [6.07, 6.45) is 2.09. The number of nitriles is 2. The van der Waals surface area contributed by atoms with E-state index in [-0.39, 0.29) is 17.9 Å². The van der Waals surface area contributed by atoms with Gasteiger partial charge in [-0.1, -0.05) is 12.1 Å². The fourth-order valence-corrected chi connectivity index (χ4v) is 1.34. The maximum atomic E-state index is 8.92. The highest BCUT2D eigenvalue weighted by atomic mass is 16.5. The van der Waals surface area contributed by atoms with Crippen molar-refractivity contribution in [3.8, 4) is 12.1 Å². The quantitative estimate of drug-likeness (QED) is 0.762. The van der Waals surface area contributed by atoms with E-state index < -0.39 is 0 Å². The summed E-state index contributed by atoms with van der Waals surface area (Å²) < 4.78 is 6.51. The molecule has 84 valence electrons. The zero-order chi connectivity index (χ0) is 12.3. The molecular formula is C10H8N6O. The van der Waals surface area contributed by atoms with Gasteiger partial charge >= 0.3 is 0 Å². The summed E-state index contributed by atoms with van der Waals surface area (Å²) in [6.45, 7) is 2.16. The van der Waals surface area contributed by atoms with Crippen LogP contribution in [0, 0.1) is 22.7 Å². The van der Waals surface area contributed by atoms with Crippen LogP contribution < -0.4 is 0 Å². The first-order chi connectivity index (χ1) is 8.28. The van der Waals surface area contributed by atoms with Crippen LogP contribution in [-0.4, -0.2) is 19.7 Å². The van der Waals surface area contributed by atoms with Crippen LogP contribution >= 0.6 is 0 Å². The molecule has 0 N–H and O–H groups in total. The molecule has 0 amide bonds. The van der Waals surface area contributed by atoms with Gasteiger partial charge in [0.15, 0.2) is 17.2 Å². The van der Waals surface area contributed by atoms with Crippen molar-refractivity contribution in [2.24, 2.45) is 0 Å². The largest absolute Gasteiger partial charge is 0.337 e. The van der Waals surface area contributed by atoms with E-state index >= 15 is 0 Å². The first-order valence-corrected chi connectivity index (χ1v) is 4.95. The van der Waals surface area contributed by atoms with E-state index in [1.165, 1.54) is 10.9 Å². The number of imidazole rings is 1. The first-order valence-electron chi connectivity index (χ1n) is 4.95. The smallest absolute Gasteiger partial charge is 0.246 e. The molecule has 0 saturated heterocycles. The molecule has 0 unspecified atom stereocenters. The Balaban J connectivity index is 2.28. The van der Waals surface area contributed by atoms with Crippen molar-refractivity contribution >= 4 is 0 Å². The normalized spacial score (nSPS) is 9.82. The minimum atomic E-state index is 0.0998. The van der Waals surface area contributed by atoms with Crippen LogP contribution in [0.1, 0.15) is 30.0 Å². The third-order valence-electron chi connectivity index (χ3n) is 2.18. The molecule has 2 aromatic rings. The molecule has 7 nitrogen and oxygen atoms in total. The third-order valence-corrected chi connectivity index (χ3v) is 2.18. The molecule has 0 spiro atoms. The Morgan fingerprint density at radius 2 is 2.24 bits per heavy atom. The monoisotopic (exact) mass is 228 g/mol. The van der Waals surface area contributed by atoms with Gasteiger partial charge in [0, 0.05) is 6.42 Å². The molecule has 7 heteroatoms. The van der Waals surface area contributed by atoms with E-state index in [4.69, 9.17) is 15.0 Å². The predicted octanol–water partition coefficient (Wildman–Crippen LogP) is 0.620. The number of nitrogens with zero attached hydrogens (tertiary/aromatic N) is 6. The molecule has 0 saturated carbocycles. The van der Waals surface area contributed by atoms with Crippen LogP contribution in [0.4, 0.5) is 0 Å². The number of hydrogen-bond donors (Lipinski definition) is 0. The van der Waals surface area contributed by atoms with Crippen molar-refractivity contribution in [1.82, 2.24) is 19.7 Å². The molecule has 0 aliphatic heterocycles.